The van der Waals surface area contributed by atoms with E-state index in [1.54, 1.807) is 0 Å². The largest absolute Gasteiger partial charge is 0.462 e. The van der Waals surface area contributed by atoms with E-state index in [1.807, 2.05) is 0 Å². The van der Waals surface area contributed by atoms with Crippen LogP contribution < -0.4 is 0 Å². The van der Waals surface area contributed by atoms with Crippen molar-refractivity contribution in [1.82, 2.24) is 10.1 Å². The molecule has 0 bridgehead atoms. The first kappa shape index (κ1) is 36.3. The zero-order valence-corrected chi connectivity index (χ0v) is 29.1. The predicted octanol–water partition coefficient (Wildman–Crippen LogP) is 8.06. The molecule has 1 aliphatic carbocycles. The van der Waals surface area contributed by atoms with Gasteiger partial charge >= 0.3 is 11.9 Å². The van der Waals surface area contributed by atoms with Crippen molar-refractivity contribution in [3.63, 3.8) is 0 Å². The number of ether oxygens (including phenoxy) is 2. The summed E-state index contributed by atoms with van der Waals surface area (Å²) in [6.45, 7) is 20.2. The fourth-order valence-electron chi connectivity index (χ4n) is 8.02. The summed E-state index contributed by atoms with van der Waals surface area (Å²) >= 11 is 0. The number of hydrogen-bond donors (Lipinski definition) is 0. The van der Waals surface area contributed by atoms with E-state index in [9.17, 15) is 9.59 Å². The monoisotopic (exact) mass is 608 g/mol. The Kier molecular flexibility index (Phi) is 13.0. The van der Waals surface area contributed by atoms with E-state index in [1.165, 1.54) is 44.9 Å². The van der Waals surface area contributed by atoms with Crippen molar-refractivity contribution in [1.29, 1.82) is 0 Å². The quantitative estimate of drug-likeness (QED) is 0.145. The number of carbonyl (C=O) groups is 2. The molecule has 1 saturated carbocycles. The van der Waals surface area contributed by atoms with Crippen molar-refractivity contribution in [2.45, 2.75) is 206 Å². The van der Waals surface area contributed by atoms with Gasteiger partial charge in [-0.05, 0) is 74.7 Å². The molecule has 3 rings (SSSR count). The van der Waals surface area contributed by atoms with Crippen molar-refractivity contribution >= 4 is 11.9 Å². The van der Waals surface area contributed by atoms with Gasteiger partial charge in [-0.1, -0.05) is 51.9 Å². The van der Waals surface area contributed by atoms with Crippen LogP contribution in [0.25, 0.3) is 0 Å². The van der Waals surface area contributed by atoms with Gasteiger partial charge in [0.2, 0.25) is 0 Å². The zero-order chi connectivity index (χ0) is 31.9. The number of hydroxylamine groups is 4. The third kappa shape index (κ3) is 10.7. The fraction of sp³-hybridized carbons (Fsp3) is 0.943. The molecule has 0 aromatic rings. The molecular weight excluding hydrogens is 544 g/mol. The first-order valence-electron chi connectivity index (χ1n) is 17.3. The lowest BCUT2D eigenvalue weighted by atomic mass is 9.80. The van der Waals surface area contributed by atoms with Crippen molar-refractivity contribution in [2.75, 3.05) is 6.61 Å². The molecule has 2 heterocycles. The maximum absolute atomic E-state index is 12.9. The third-order valence-corrected chi connectivity index (χ3v) is 9.51. The highest BCUT2D eigenvalue weighted by atomic mass is 16.7. The van der Waals surface area contributed by atoms with Gasteiger partial charge in [0.15, 0.2) is 0 Å². The van der Waals surface area contributed by atoms with Crippen LogP contribution in [0.5, 0.6) is 0 Å². The Morgan fingerprint density at radius 3 is 1.51 bits per heavy atom. The molecular formula is C35H64N2O6. The standard InChI is InChI=1S/C35H64N2O6/c1-10-11-12-13-17-22-40-36-32(2,3)23-28(24-33(36,4)5)41-30(38)20-21-31(39)42-29-25-34(6,7)37(35(8,9)26-29)43-27-18-15-14-16-19-27/h27-29H,10-26H2,1-9H3. The second kappa shape index (κ2) is 15.4. The van der Waals surface area contributed by atoms with E-state index in [0.717, 1.165) is 19.3 Å². The maximum Gasteiger partial charge on any atom is 0.306 e. The molecule has 0 N–H and O–H groups in total. The van der Waals surface area contributed by atoms with Crippen molar-refractivity contribution in [2.24, 2.45) is 0 Å². The summed E-state index contributed by atoms with van der Waals surface area (Å²) in [6, 6.07) is 0. The lowest BCUT2D eigenvalue weighted by Gasteiger charge is -2.54. The Balaban J connectivity index is 1.43. The molecule has 0 spiro atoms. The number of nitrogens with zero attached hydrogens (tertiary/aromatic N) is 2. The summed E-state index contributed by atoms with van der Waals surface area (Å²) in [6.07, 6.45) is 14.7. The molecule has 0 aromatic heterocycles. The van der Waals surface area contributed by atoms with Gasteiger partial charge in [0.25, 0.3) is 0 Å². The van der Waals surface area contributed by atoms with Gasteiger partial charge in [-0.15, -0.1) is 0 Å². The second-order valence-corrected chi connectivity index (χ2v) is 16.0. The van der Waals surface area contributed by atoms with E-state index in [4.69, 9.17) is 19.1 Å². The molecule has 8 nitrogen and oxygen atoms in total. The smallest absolute Gasteiger partial charge is 0.306 e. The molecule has 3 fully saturated rings. The zero-order valence-electron chi connectivity index (χ0n) is 29.1. The van der Waals surface area contributed by atoms with Crippen LogP contribution in [0.1, 0.15) is 165 Å². The molecule has 0 radical (unpaired) electrons. The summed E-state index contributed by atoms with van der Waals surface area (Å²) < 4.78 is 11.9. The van der Waals surface area contributed by atoms with Crippen LogP contribution in [0.2, 0.25) is 0 Å². The molecule has 2 aliphatic heterocycles. The van der Waals surface area contributed by atoms with E-state index < -0.39 is 0 Å². The Morgan fingerprint density at radius 2 is 1.05 bits per heavy atom. The fourth-order valence-corrected chi connectivity index (χ4v) is 8.02. The lowest BCUT2D eigenvalue weighted by Crippen LogP contribution is -2.63. The van der Waals surface area contributed by atoms with Crippen LogP contribution in [0.15, 0.2) is 0 Å². The highest BCUT2D eigenvalue weighted by Crippen LogP contribution is 2.42. The summed E-state index contributed by atoms with van der Waals surface area (Å²) in [7, 11) is 0. The number of carbonyl (C=O) groups excluding carboxylic acids is 2. The third-order valence-electron chi connectivity index (χ3n) is 9.51. The molecule has 0 unspecified atom stereocenters. The number of unbranched alkanes of at least 4 members (excludes halogenated alkanes) is 4. The Hall–Kier alpha value is -1.22. The molecule has 2 saturated heterocycles. The average Bonchev–Trinajstić information content (AvgIpc) is 2.88. The minimum absolute atomic E-state index is 0.0323. The minimum Gasteiger partial charge on any atom is -0.462 e. The van der Waals surface area contributed by atoms with Crippen LogP contribution in [0, 0.1) is 0 Å². The number of piperidine rings is 2. The second-order valence-electron chi connectivity index (χ2n) is 16.0. The van der Waals surface area contributed by atoms with Crippen LogP contribution >= 0.6 is 0 Å². The minimum atomic E-state index is -0.338. The first-order valence-corrected chi connectivity index (χ1v) is 17.3. The topological polar surface area (TPSA) is 77.5 Å². The molecule has 0 amide bonds. The Bertz CT molecular complexity index is 859. The molecule has 8 heteroatoms. The van der Waals surface area contributed by atoms with Gasteiger partial charge in [0.1, 0.15) is 12.2 Å². The van der Waals surface area contributed by atoms with Crippen LogP contribution in [-0.2, 0) is 28.7 Å². The van der Waals surface area contributed by atoms with Gasteiger partial charge in [-0.3, -0.25) is 19.3 Å². The number of rotatable bonds is 14. The first-order chi connectivity index (χ1) is 20.1. The van der Waals surface area contributed by atoms with Crippen LogP contribution in [0.4, 0.5) is 0 Å². The van der Waals surface area contributed by atoms with Crippen molar-refractivity contribution in [3.05, 3.63) is 0 Å². The summed E-state index contributed by atoms with van der Waals surface area (Å²) in [5, 5.41) is 4.29. The summed E-state index contributed by atoms with van der Waals surface area (Å²) in [4.78, 5) is 38.6. The van der Waals surface area contributed by atoms with Gasteiger partial charge in [-0.25, -0.2) is 0 Å². The van der Waals surface area contributed by atoms with Gasteiger partial charge < -0.3 is 9.47 Å². The summed E-state index contributed by atoms with van der Waals surface area (Å²) in [5.74, 6) is -0.673. The summed E-state index contributed by atoms with van der Waals surface area (Å²) in [5.41, 5.74) is -1.08. The Labute approximate surface area is 262 Å². The molecule has 0 atom stereocenters. The van der Waals surface area contributed by atoms with Gasteiger partial charge in [0, 0.05) is 47.8 Å². The highest BCUT2D eigenvalue weighted by molar-refractivity contribution is 5.77. The normalized spacial score (nSPS) is 25.0. The predicted molar refractivity (Wildman–Crippen MR) is 170 cm³/mol. The molecule has 0 aromatic carbocycles. The van der Waals surface area contributed by atoms with E-state index in [2.05, 4.69) is 72.4 Å². The highest BCUT2D eigenvalue weighted by Gasteiger charge is 2.49. The van der Waals surface area contributed by atoms with Crippen molar-refractivity contribution < 1.29 is 28.7 Å². The molecule has 43 heavy (non-hydrogen) atoms. The Morgan fingerprint density at radius 1 is 0.605 bits per heavy atom. The molecule has 250 valence electrons. The van der Waals surface area contributed by atoms with Crippen molar-refractivity contribution in [3.8, 4) is 0 Å². The van der Waals surface area contributed by atoms with E-state index in [0.29, 0.717) is 32.3 Å². The SMILES string of the molecule is CCCCCCCON1C(C)(C)CC(OC(=O)CCC(=O)OC2CC(C)(C)N(OC3CCCCC3)C(C)(C)C2)CC1(C)C. The maximum atomic E-state index is 12.9. The average molecular weight is 609 g/mol. The number of esters is 2. The van der Waals surface area contributed by atoms with E-state index >= 15 is 0 Å². The molecule has 3 aliphatic rings. The van der Waals surface area contributed by atoms with Gasteiger partial charge in [-0.2, -0.15) is 10.1 Å². The number of hydrogen-bond acceptors (Lipinski definition) is 8. The van der Waals surface area contributed by atoms with E-state index in [-0.39, 0.29) is 65.2 Å². The van der Waals surface area contributed by atoms with Crippen LogP contribution in [0.3, 0.4) is 0 Å². The van der Waals surface area contributed by atoms with Gasteiger partial charge in [0.05, 0.1) is 25.6 Å². The lowest BCUT2D eigenvalue weighted by molar-refractivity contribution is -0.318. The van der Waals surface area contributed by atoms with Crippen LogP contribution in [-0.4, -0.2) is 69.1 Å².